The van der Waals surface area contributed by atoms with Crippen LogP contribution in [0, 0.1) is 5.41 Å². The van der Waals surface area contributed by atoms with E-state index in [0.29, 0.717) is 12.5 Å². The topological polar surface area (TPSA) is 38.0 Å². The molecule has 1 aliphatic heterocycles. The quantitative estimate of drug-likeness (QED) is 0.921. The normalized spacial score (nSPS) is 28.3. The minimum absolute atomic E-state index is 0.219. The average Bonchev–Trinajstić information content (AvgIpc) is 2.73. The number of hydrogen-bond donors (Lipinski definition) is 1. The van der Waals surface area contributed by atoms with E-state index < -0.39 is 5.60 Å². The second kappa shape index (κ2) is 5.49. The molecule has 0 radical (unpaired) electrons. The van der Waals surface area contributed by atoms with Crippen molar-refractivity contribution in [3.8, 4) is 0 Å². The first-order valence-electron chi connectivity index (χ1n) is 7.18. The zero-order valence-corrected chi connectivity index (χ0v) is 13.3. The molecule has 108 valence electrons. The minimum Gasteiger partial charge on any atom is -0.389 e. The molecule has 4 heteroatoms. The van der Waals surface area contributed by atoms with E-state index in [2.05, 4.69) is 38.9 Å². The van der Waals surface area contributed by atoms with Gasteiger partial charge in [-0.1, -0.05) is 20.8 Å². The highest BCUT2D eigenvalue weighted by atomic mass is 32.2. The Bertz CT molecular complexity index is 430. The van der Waals surface area contributed by atoms with E-state index >= 15 is 0 Å². The molecule has 0 spiro atoms. The molecule has 2 unspecified atom stereocenters. The Morgan fingerprint density at radius 1 is 1.47 bits per heavy atom. The van der Waals surface area contributed by atoms with E-state index in [-0.39, 0.29) is 5.41 Å². The monoisotopic (exact) mass is 282 g/mol. The largest absolute Gasteiger partial charge is 0.389 e. The molecule has 1 aliphatic rings. The molecule has 19 heavy (non-hydrogen) atoms. The molecule has 0 bridgehead atoms. The van der Waals surface area contributed by atoms with Crippen LogP contribution >= 0.6 is 11.8 Å². The summed E-state index contributed by atoms with van der Waals surface area (Å²) in [6, 6.07) is 2.48. The van der Waals surface area contributed by atoms with Crippen LogP contribution in [-0.4, -0.2) is 32.0 Å². The van der Waals surface area contributed by atoms with Gasteiger partial charge in [-0.3, -0.25) is 4.68 Å². The molecular formula is C15H26N2OS. The highest BCUT2D eigenvalue weighted by molar-refractivity contribution is 7.99. The van der Waals surface area contributed by atoms with Crippen molar-refractivity contribution in [1.82, 2.24) is 9.78 Å². The van der Waals surface area contributed by atoms with Crippen molar-refractivity contribution in [1.29, 1.82) is 0 Å². The predicted molar refractivity (Wildman–Crippen MR) is 81.6 cm³/mol. The Labute approximate surface area is 120 Å². The summed E-state index contributed by atoms with van der Waals surface area (Å²) in [5.74, 6) is 1.96. The van der Waals surface area contributed by atoms with Crippen molar-refractivity contribution in [2.24, 2.45) is 5.41 Å². The predicted octanol–water partition coefficient (Wildman–Crippen LogP) is 3.29. The fraction of sp³-hybridized carbons (Fsp3) is 0.800. The van der Waals surface area contributed by atoms with E-state index in [1.165, 1.54) is 0 Å². The van der Waals surface area contributed by atoms with Crippen molar-refractivity contribution in [2.45, 2.75) is 58.6 Å². The summed E-state index contributed by atoms with van der Waals surface area (Å²) < 4.78 is 2.01. The van der Waals surface area contributed by atoms with Crippen molar-refractivity contribution < 1.29 is 5.11 Å². The second-order valence-corrected chi connectivity index (χ2v) is 7.76. The fourth-order valence-corrected chi connectivity index (χ4v) is 4.21. The molecule has 1 N–H and O–H groups in total. The smallest absolute Gasteiger partial charge is 0.0799 e. The van der Waals surface area contributed by atoms with Gasteiger partial charge in [0, 0.05) is 24.4 Å². The number of nitrogens with zero attached hydrogens (tertiary/aromatic N) is 2. The summed E-state index contributed by atoms with van der Waals surface area (Å²) in [6.07, 6.45) is 4.65. The molecule has 0 saturated carbocycles. The lowest BCUT2D eigenvalue weighted by atomic mass is 9.80. The van der Waals surface area contributed by atoms with Gasteiger partial charge in [-0.2, -0.15) is 16.9 Å². The van der Waals surface area contributed by atoms with Gasteiger partial charge in [0.15, 0.2) is 0 Å². The summed E-state index contributed by atoms with van der Waals surface area (Å²) in [6.45, 7) is 8.81. The van der Waals surface area contributed by atoms with Gasteiger partial charge in [-0.05, 0) is 37.0 Å². The number of hydrogen-bond acceptors (Lipinski definition) is 3. The van der Waals surface area contributed by atoms with Gasteiger partial charge in [-0.25, -0.2) is 0 Å². The van der Waals surface area contributed by atoms with Crippen molar-refractivity contribution in [2.75, 3.05) is 11.5 Å². The molecule has 0 amide bonds. The third-order valence-corrected chi connectivity index (χ3v) is 5.61. The maximum Gasteiger partial charge on any atom is 0.0799 e. The van der Waals surface area contributed by atoms with Crippen LogP contribution in [0.2, 0.25) is 0 Å². The zero-order chi connectivity index (χ0) is 14.1. The highest BCUT2D eigenvalue weighted by Gasteiger charge is 2.39. The Morgan fingerprint density at radius 2 is 2.21 bits per heavy atom. The van der Waals surface area contributed by atoms with Crippen LogP contribution in [0.1, 0.15) is 52.3 Å². The summed E-state index contributed by atoms with van der Waals surface area (Å²) in [5.41, 5.74) is 0.638. The number of aliphatic hydroxyl groups is 1. The fourth-order valence-electron chi connectivity index (χ4n) is 2.87. The van der Waals surface area contributed by atoms with E-state index in [4.69, 9.17) is 0 Å². The zero-order valence-electron chi connectivity index (χ0n) is 12.5. The molecule has 0 aliphatic carbocycles. The number of rotatable bonds is 4. The molecule has 2 rings (SSSR count). The Hall–Kier alpha value is -0.480. The van der Waals surface area contributed by atoms with Crippen molar-refractivity contribution in [3.63, 3.8) is 0 Å². The van der Waals surface area contributed by atoms with Crippen LogP contribution in [0.3, 0.4) is 0 Å². The Morgan fingerprint density at radius 3 is 2.84 bits per heavy atom. The van der Waals surface area contributed by atoms with Gasteiger partial charge < -0.3 is 5.11 Å². The summed E-state index contributed by atoms with van der Waals surface area (Å²) in [5, 5.41) is 15.4. The van der Waals surface area contributed by atoms with E-state index in [1.807, 2.05) is 22.6 Å². The summed E-state index contributed by atoms with van der Waals surface area (Å²) in [7, 11) is 0. The lowest BCUT2D eigenvalue weighted by molar-refractivity contribution is 0.0190. The first-order chi connectivity index (χ1) is 8.84. The van der Waals surface area contributed by atoms with Crippen molar-refractivity contribution >= 4 is 11.8 Å². The van der Waals surface area contributed by atoms with Crippen LogP contribution in [0.15, 0.2) is 12.3 Å². The molecule has 1 saturated heterocycles. The minimum atomic E-state index is -0.596. The van der Waals surface area contributed by atoms with Crippen LogP contribution in [0.4, 0.5) is 0 Å². The van der Waals surface area contributed by atoms with Crippen molar-refractivity contribution in [3.05, 3.63) is 18.0 Å². The average molecular weight is 282 g/mol. The van der Waals surface area contributed by atoms with E-state index in [9.17, 15) is 5.11 Å². The molecular weight excluding hydrogens is 256 g/mol. The summed E-state index contributed by atoms with van der Waals surface area (Å²) >= 11 is 1.86. The number of aromatic nitrogens is 2. The SMILES string of the molecule is CCC(C)n1ccc(CC2(O)CSCC(C)(C)C2)n1. The van der Waals surface area contributed by atoms with Gasteiger partial charge in [0.25, 0.3) is 0 Å². The maximum absolute atomic E-state index is 10.8. The molecule has 1 aromatic heterocycles. The first kappa shape index (κ1) is 14.9. The third kappa shape index (κ3) is 3.76. The van der Waals surface area contributed by atoms with Crippen LogP contribution < -0.4 is 0 Å². The van der Waals surface area contributed by atoms with E-state index in [0.717, 1.165) is 30.0 Å². The van der Waals surface area contributed by atoms with Gasteiger partial charge in [0.1, 0.15) is 0 Å². The molecule has 3 nitrogen and oxygen atoms in total. The van der Waals surface area contributed by atoms with Gasteiger partial charge in [0.05, 0.1) is 11.3 Å². The Balaban J connectivity index is 2.05. The highest BCUT2D eigenvalue weighted by Crippen LogP contribution is 2.40. The molecule has 2 atom stereocenters. The molecule has 2 heterocycles. The maximum atomic E-state index is 10.8. The second-order valence-electron chi connectivity index (χ2n) is 6.78. The standard InChI is InChI=1S/C15H26N2OS/c1-5-12(2)17-7-6-13(16-17)8-15(18)9-14(3,4)10-19-11-15/h6-7,12,18H,5,8-11H2,1-4H3. The number of thioether (sulfide) groups is 1. The third-order valence-electron chi connectivity index (χ3n) is 3.89. The Kier molecular flexibility index (Phi) is 4.31. The van der Waals surface area contributed by atoms with E-state index in [1.54, 1.807) is 0 Å². The molecule has 1 aromatic rings. The molecule has 0 aromatic carbocycles. The first-order valence-corrected chi connectivity index (χ1v) is 8.33. The van der Waals surface area contributed by atoms with Gasteiger partial charge in [0.2, 0.25) is 0 Å². The van der Waals surface area contributed by atoms with Crippen LogP contribution in [0.5, 0.6) is 0 Å². The lowest BCUT2D eigenvalue weighted by Crippen LogP contribution is -2.44. The van der Waals surface area contributed by atoms with Gasteiger partial charge >= 0.3 is 0 Å². The summed E-state index contributed by atoms with van der Waals surface area (Å²) in [4.78, 5) is 0. The molecule has 1 fully saturated rings. The lowest BCUT2D eigenvalue weighted by Gasteiger charge is -2.40. The van der Waals surface area contributed by atoms with Gasteiger partial charge in [-0.15, -0.1) is 0 Å². The van der Waals surface area contributed by atoms with Crippen LogP contribution in [0.25, 0.3) is 0 Å². The van der Waals surface area contributed by atoms with Crippen LogP contribution in [-0.2, 0) is 6.42 Å².